The third-order valence-corrected chi connectivity index (χ3v) is 3.45. The molecule has 1 amide bonds. The highest BCUT2D eigenvalue weighted by atomic mass is 16.4. The minimum Gasteiger partial charge on any atom is -0.406 e. The summed E-state index contributed by atoms with van der Waals surface area (Å²) in [6, 6.07) is -0.0479. The number of carbonyl (C=O) groups excluding carboxylic acids is 1. The summed E-state index contributed by atoms with van der Waals surface area (Å²) in [6.07, 6.45) is 2.17. The van der Waals surface area contributed by atoms with Gasteiger partial charge in [0.05, 0.1) is 6.04 Å². The van der Waals surface area contributed by atoms with Crippen LogP contribution in [0, 0.1) is 0 Å². The summed E-state index contributed by atoms with van der Waals surface area (Å²) in [5, 5.41) is 14.1. The summed E-state index contributed by atoms with van der Waals surface area (Å²) in [5.74, 6) is 0.608. The van der Waals surface area contributed by atoms with E-state index in [0.29, 0.717) is 11.9 Å². The smallest absolute Gasteiger partial charge is 0.316 e. The molecule has 0 aliphatic carbocycles. The Morgan fingerprint density at radius 3 is 2.70 bits per heavy atom. The van der Waals surface area contributed by atoms with E-state index < -0.39 is 0 Å². The molecule has 1 saturated heterocycles. The number of likely N-dealkylation sites (tertiary alicyclic amines) is 1. The van der Waals surface area contributed by atoms with Gasteiger partial charge in [0.2, 0.25) is 11.8 Å². The zero-order valence-corrected chi connectivity index (χ0v) is 12.3. The Morgan fingerprint density at radius 1 is 1.35 bits per heavy atom. The van der Waals surface area contributed by atoms with Gasteiger partial charge in [0.25, 0.3) is 0 Å². The van der Waals surface area contributed by atoms with Gasteiger partial charge in [-0.25, -0.2) is 0 Å². The number of rotatable bonds is 6. The highest BCUT2D eigenvalue weighted by Gasteiger charge is 2.24. The highest BCUT2D eigenvalue weighted by molar-refractivity contribution is 5.83. The molecular formula is C13H23N5O2. The number of hydrogen-bond donors (Lipinski definition) is 2. The van der Waals surface area contributed by atoms with Gasteiger partial charge >= 0.3 is 6.01 Å². The van der Waals surface area contributed by atoms with E-state index in [1.165, 1.54) is 0 Å². The number of hydrogen-bond acceptors (Lipinski definition) is 6. The standard InChI is InChI=1S/C13H23N5O2/c1-4-14-9(2)11-16-17-13(20-11)15-10(3)12(19)18-7-5-6-8-18/h9-10,14H,4-8H2,1-3H3,(H,15,17). The molecule has 1 fully saturated rings. The van der Waals surface area contributed by atoms with Crippen LogP contribution in [0.1, 0.15) is 45.5 Å². The van der Waals surface area contributed by atoms with E-state index in [1.807, 2.05) is 25.7 Å². The molecule has 2 rings (SSSR count). The van der Waals surface area contributed by atoms with Crippen molar-refractivity contribution < 1.29 is 9.21 Å². The third-order valence-electron chi connectivity index (χ3n) is 3.45. The summed E-state index contributed by atoms with van der Waals surface area (Å²) in [6.45, 7) is 8.31. The molecule has 2 N–H and O–H groups in total. The summed E-state index contributed by atoms with van der Waals surface area (Å²) < 4.78 is 5.51. The summed E-state index contributed by atoms with van der Waals surface area (Å²) in [5.41, 5.74) is 0. The molecule has 0 bridgehead atoms. The van der Waals surface area contributed by atoms with Gasteiger partial charge in [-0.15, -0.1) is 5.10 Å². The van der Waals surface area contributed by atoms with Crippen LogP contribution in [0.2, 0.25) is 0 Å². The van der Waals surface area contributed by atoms with Gasteiger partial charge in [-0.3, -0.25) is 4.79 Å². The van der Waals surface area contributed by atoms with E-state index in [2.05, 4.69) is 20.8 Å². The van der Waals surface area contributed by atoms with Crippen LogP contribution >= 0.6 is 0 Å². The van der Waals surface area contributed by atoms with Crippen molar-refractivity contribution in [2.24, 2.45) is 0 Å². The van der Waals surface area contributed by atoms with E-state index in [9.17, 15) is 4.79 Å². The van der Waals surface area contributed by atoms with Crippen LogP contribution < -0.4 is 10.6 Å². The topological polar surface area (TPSA) is 83.3 Å². The first-order valence-electron chi connectivity index (χ1n) is 7.24. The Kier molecular flexibility index (Phi) is 4.94. The quantitative estimate of drug-likeness (QED) is 0.814. The van der Waals surface area contributed by atoms with Gasteiger partial charge in [-0.05, 0) is 33.2 Å². The first-order valence-corrected chi connectivity index (χ1v) is 7.24. The number of anilines is 1. The molecule has 0 radical (unpaired) electrons. The van der Waals surface area contributed by atoms with Gasteiger partial charge in [-0.2, -0.15) is 0 Å². The first kappa shape index (κ1) is 14.8. The maximum absolute atomic E-state index is 12.2. The maximum Gasteiger partial charge on any atom is 0.316 e. The second kappa shape index (κ2) is 6.69. The second-order valence-electron chi connectivity index (χ2n) is 5.12. The predicted molar refractivity (Wildman–Crippen MR) is 75.3 cm³/mol. The minimum atomic E-state index is -0.351. The molecule has 112 valence electrons. The fraction of sp³-hybridized carbons (Fsp3) is 0.769. The summed E-state index contributed by atoms with van der Waals surface area (Å²) >= 11 is 0. The molecule has 0 saturated carbocycles. The van der Waals surface area contributed by atoms with Gasteiger partial charge in [0, 0.05) is 13.1 Å². The lowest BCUT2D eigenvalue weighted by Crippen LogP contribution is -2.39. The Hall–Kier alpha value is -1.63. The SMILES string of the molecule is CCNC(C)c1nnc(NC(C)C(=O)N2CCCC2)o1. The molecule has 2 atom stereocenters. The van der Waals surface area contributed by atoms with Crippen molar-refractivity contribution in [2.75, 3.05) is 25.0 Å². The average Bonchev–Trinajstić information content (AvgIpc) is 3.09. The second-order valence-corrected chi connectivity index (χ2v) is 5.12. The normalized spacial score (nSPS) is 18.1. The van der Waals surface area contributed by atoms with Gasteiger partial charge < -0.3 is 20.0 Å². The van der Waals surface area contributed by atoms with E-state index in [0.717, 1.165) is 32.5 Å². The molecule has 2 unspecified atom stereocenters. The molecule has 1 aliphatic rings. The lowest BCUT2D eigenvalue weighted by atomic mass is 10.3. The van der Waals surface area contributed by atoms with Crippen LogP contribution in [0.25, 0.3) is 0 Å². The molecule has 0 aromatic carbocycles. The molecule has 2 heterocycles. The van der Waals surface area contributed by atoms with Gasteiger partial charge in [-0.1, -0.05) is 12.0 Å². The zero-order chi connectivity index (χ0) is 14.5. The molecule has 1 aliphatic heterocycles. The minimum absolute atomic E-state index is 0.00707. The van der Waals surface area contributed by atoms with Crippen LogP contribution in [-0.4, -0.2) is 46.7 Å². The van der Waals surface area contributed by atoms with Crippen LogP contribution in [0.3, 0.4) is 0 Å². The van der Waals surface area contributed by atoms with Crippen molar-refractivity contribution in [2.45, 2.75) is 45.7 Å². The Labute approximate surface area is 119 Å². The van der Waals surface area contributed by atoms with Crippen molar-refractivity contribution in [1.82, 2.24) is 20.4 Å². The number of amides is 1. The first-order chi connectivity index (χ1) is 9.61. The van der Waals surface area contributed by atoms with E-state index in [1.54, 1.807) is 0 Å². The fourth-order valence-electron chi connectivity index (χ4n) is 2.32. The Morgan fingerprint density at radius 2 is 2.05 bits per heavy atom. The van der Waals surface area contributed by atoms with E-state index in [-0.39, 0.29) is 18.0 Å². The zero-order valence-electron chi connectivity index (χ0n) is 12.3. The molecule has 7 nitrogen and oxygen atoms in total. The molecular weight excluding hydrogens is 258 g/mol. The Balaban J connectivity index is 1.90. The van der Waals surface area contributed by atoms with Gasteiger partial charge in [0.15, 0.2) is 0 Å². The average molecular weight is 281 g/mol. The van der Waals surface area contributed by atoms with Crippen molar-refractivity contribution >= 4 is 11.9 Å². The number of aromatic nitrogens is 2. The van der Waals surface area contributed by atoms with E-state index >= 15 is 0 Å². The lowest BCUT2D eigenvalue weighted by Gasteiger charge is -2.20. The van der Waals surface area contributed by atoms with Crippen molar-refractivity contribution in [3.05, 3.63) is 5.89 Å². The molecule has 0 spiro atoms. The molecule has 1 aromatic rings. The van der Waals surface area contributed by atoms with Crippen molar-refractivity contribution in [3.63, 3.8) is 0 Å². The van der Waals surface area contributed by atoms with Crippen LogP contribution in [0.4, 0.5) is 6.01 Å². The van der Waals surface area contributed by atoms with Crippen molar-refractivity contribution in [3.8, 4) is 0 Å². The van der Waals surface area contributed by atoms with Crippen molar-refractivity contribution in [1.29, 1.82) is 0 Å². The number of carbonyl (C=O) groups is 1. The van der Waals surface area contributed by atoms with E-state index in [4.69, 9.17) is 4.42 Å². The number of nitrogens with one attached hydrogen (secondary N) is 2. The van der Waals surface area contributed by atoms with Crippen LogP contribution in [0.15, 0.2) is 4.42 Å². The predicted octanol–water partition coefficient (Wildman–Crippen LogP) is 1.16. The summed E-state index contributed by atoms with van der Waals surface area (Å²) in [4.78, 5) is 14.0. The summed E-state index contributed by atoms with van der Waals surface area (Å²) in [7, 11) is 0. The molecule has 7 heteroatoms. The number of nitrogens with zero attached hydrogens (tertiary/aromatic N) is 3. The maximum atomic E-state index is 12.2. The molecule has 20 heavy (non-hydrogen) atoms. The largest absolute Gasteiger partial charge is 0.406 e. The monoisotopic (exact) mass is 281 g/mol. The van der Waals surface area contributed by atoms with Crippen LogP contribution in [0.5, 0.6) is 0 Å². The van der Waals surface area contributed by atoms with Crippen LogP contribution in [-0.2, 0) is 4.79 Å². The Bertz CT molecular complexity index is 442. The lowest BCUT2D eigenvalue weighted by molar-refractivity contribution is -0.130. The molecule has 1 aromatic heterocycles. The fourth-order valence-corrected chi connectivity index (χ4v) is 2.32. The highest BCUT2D eigenvalue weighted by Crippen LogP contribution is 2.15. The van der Waals surface area contributed by atoms with Gasteiger partial charge in [0.1, 0.15) is 6.04 Å². The third kappa shape index (κ3) is 3.47.